The summed E-state index contributed by atoms with van der Waals surface area (Å²) >= 11 is 0. The minimum absolute atomic E-state index is 0.0460. The number of hydrogen-bond donors (Lipinski definition) is 0. The van der Waals surface area contributed by atoms with E-state index < -0.39 is 18.0 Å². The van der Waals surface area contributed by atoms with Gasteiger partial charge in [-0.3, -0.25) is 0 Å². The number of esters is 2. The third-order valence-electron chi connectivity index (χ3n) is 2.73. The van der Waals surface area contributed by atoms with Crippen molar-refractivity contribution in [2.24, 2.45) is 5.92 Å². The Hall–Kier alpha value is -2.04. The smallest absolute Gasteiger partial charge is 0.347 e. The van der Waals surface area contributed by atoms with Crippen molar-refractivity contribution in [3.8, 4) is 5.75 Å². The van der Waals surface area contributed by atoms with E-state index >= 15 is 0 Å². The van der Waals surface area contributed by atoms with Crippen LogP contribution in [0.5, 0.6) is 5.75 Å². The Bertz CT molecular complexity index is 481. The van der Waals surface area contributed by atoms with Crippen LogP contribution >= 0.6 is 0 Å². The summed E-state index contributed by atoms with van der Waals surface area (Å²) < 4.78 is 15.6. The van der Waals surface area contributed by atoms with Gasteiger partial charge < -0.3 is 14.2 Å². The second kappa shape index (κ2) is 8.29. The van der Waals surface area contributed by atoms with Crippen LogP contribution in [0.1, 0.15) is 38.1 Å². The molecule has 5 nitrogen and oxygen atoms in total. The fourth-order valence-electron chi connectivity index (χ4n) is 1.74. The zero-order valence-corrected chi connectivity index (χ0v) is 12.9. The Balaban J connectivity index is 2.87. The van der Waals surface area contributed by atoms with Crippen molar-refractivity contribution in [1.82, 2.24) is 0 Å². The number of carbonyl (C=O) groups excluding carboxylic acids is 2. The zero-order chi connectivity index (χ0) is 15.8. The maximum Gasteiger partial charge on any atom is 0.347 e. The van der Waals surface area contributed by atoms with E-state index in [-0.39, 0.29) is 5.92 Å². The first kappa shape index (κ1) is 17.0. The standard InChI is InChI=1S/C16H22O5/c1-5-19-15(17)12-8-7-9-13(10-12)21-14(11(3)4)16(18)20-6-2/h7-11,14H,5-6H2,1-4H3. The van der Waals surface area contributed by atoms with Crippen LogP contribution in [-0.4, -0.2) is 31.3 Å². The SMILES string of the molecule is CCOC(=O)c1cccc(OC(C(=O)OCC)C(C)C)c1. The fourth-order valence-corrected chi connectivity index (χ4v) is 1.74. The molecule has 0 bridgehead atoms. The molecule has 0 saturated carbocycles. The summed E-state index contributed by atoms with van der Waals surface area (Å²) in [7, 11) is 0. The van der Waals surface area contributed by atoms with E-state index in [9.17, 15) is 9.59 Å². The summed E-state index contributed by atoms with van der Waals surface area (Å²) in [6, 6.07) is 6.58. The minimum atomic E-state index is -0.706. The normalized spacial score (nSPS) is 11.9. The van der Waals surface area contributed by atoms with Crippen LogP contribution in [0.4, 0.5) is 0 Å². The van der Waals surface area contributed by atoms with Gasteiger partial charge in [0.2, 0.25) is 0 Å². The van der Waals surface area contributed by atoms with Gasteiger partial charge in [0, 0.05) is 5.92 Å². The van der Waals surface area contributed by atoms with Gasteiger partial charge in [-0.2, -0.15) is 0 Å². The molecule has 0 aliphatic heterocycles. The largest absolute Gasteiger partial charge is 0.478 e. The molecule has 1 atom stereocenters. The van der Waals surface area contributed by atoms with Crippen LogP contribution in [0, 0.1) is 5.92 Å². The second-order valence-electron chi connectivity index (χ2n) is 4.78. The molecule has 0 saturated heterocycles. The van der Waals surface area contributed by atoms with Crippen LogP contribution in [0.25, 0.3) is 0 Å². The van der Waals surface area contributed by atoms with Crippen LogP contribution in [-0.2, 0) is 14.3 Å². The predicted molar refractivity (Wildman–Crippen MR) is 78.3 cm³/mol. The second-order valence-corrected chi connectivity index (χ2v) is 4.78. The first-order valence-electron chi connectivity index (χ1n) is 7.10. The van der Waals surface area contributed by atoms with Crippen molar-refractivity contribution in [2.45, 2.75) is 33.8 Å². The molecule has 0 amide bonds. The molecule has 0 heterocycles. The van der Waals surface area contributed by atoms with E-state index in [1.165, 1.54) is 0 Å². The Morgan fingerprint density at radius 3 is 2.33 bits per heavy atom. The third kappa shape index (κ3) is 5.10. The van der Waals surface area contributed by atoms with Gasteiger partial charge in [0.15, 0.2) is 6.10 Å². The van der Waals surface area contributed by atoms with Crippen molar-refractivity contribution < 1.29 is 23.8 Å². The summed E-state index contributed by atoms with van der Waals surface area (Å²) in [4.78, 5) is 23.6. The number of rotatable bonds is 7. The van der Waals surface area contributed by atoms with Crippen LogP contribution in [0.2, 0.25) is 0 Å². The molecule has 0 fully saturated rings. The molecule has 0 aliphatic rings. The lowest BCUT2D eigenvalue weighted by Gasteiger charge is -2.21. The van der Waals surface area contributed by atoms with Crippen molar-refractivity contribution in [3.05, 3.63) is 29.8 Å². The molecule has 1 aromatic carbocycles. The minimum Gasteiger partial charge on any atom is -0.478 e. The predicted octanol–water partition coefficient (Wildman–Crippen LogP) is 2.83. The Morgan fingerprint density at radius 2 is 1.76 bits per heavy atom. The van der Waals surface area contributed by atoms with E-state index in [0.717, 1.165) is 0 Å². The van der Waals surface area contributed by atoms with Crippen molar-refractivity contribution in [3.63, 3.8) is 0 Å². The molecule has 0 radical (unpaired) electrons. The van der Waals surface area contributed by atoms with Gasteiger partial charge in [-0.15, -0.1) is 0 Å². The van der Waals surface area contributed by atoms with E-state index in [0.29, 0.717) is 24.5 Å². The molecular formula is C16H22O5. The number of carbonyl (C=O) groups is 2. The highest BCUT2D eigenvalue weighted by Gasteiger charge is 2.25. The van der Waals surface area contributed by atoms with Gasteiger partial charge in [-0.1, -0.05) is 19.9 Å². The zero-order valence-electron chi connectivity index (χ0n) is 12.9. The molecule has 1 aromatic rings. The van der Waals surface area contributed by atoms with Gasteiger partial charge >= 0.3 is 11.9 Å². The van der Waals surface area contributed by atoms with Gasteiger partial charge in [0.1, 0.15) is 5.75 Å². The highest BCUT2D eigenvalue weighted by Crippen LogP contribution is 2.19. The summed E-state index contributed by atoms with van der Waals surface area (Å²) in [5.74, 6) is -0.433. The van der Waals surface area contributed by atoms with E-state index in [2.05, 4.69) is 0 Å². The highest BCUT2D eigenvalue weighted by molar-refractivity contribution is 5.89. The van der Waals surface area contributed by atoms with E-state index in [4.69, 9.17) is 14.2 Å². The van der Waals surface area contributed by atoms with Crippen LogP contribution in [0.3, 0.4) is 0 Å². The highest BCUT2D eigenvalue weighted by atomic mass is 16.6. The lowest BCUT2D eigenvalue weighted by atomic mass is 10.1. The summed E-state index contributed by atoms with van der Waals surface area (Å²) in [6.07, 6.45) is -0.706. The average molecular weight is 294 g/mol. The molecule has 0 N–H and O–H groups in total. The first-order chi connectivity index (χ1) is 9.99. The lowest BCUT2D eigenvalue weighted by molar-refractivity contribution is -0.153. The third-order valence-corrected chi connectivity index (χ3v) is 2.73. The molecule has 1 rings (SSSR count). The monoisotopic (exact) mass is 294 g/mol. The van der Waals surface area contributed by atoms with Crippen molar-refractivity contribution >= 4 is 11.9 Å². The fraction of sp³-hybridized carbons (Fsp3) is 0.500. The number of benzene rings is 1. The van der Waals surface area contributed by atoms with Crippen LogP contribution < -0.4 is 4.74 Å². The maximum atomic E-state index is 11.9. The van der Waals surface area contributed by atoms with Crippen molar-refractivity contribution in [1.29, 1.82) is 0 Å². The number of hydrogen-bond acceptors (Lipinski definition) is 5. The summed E-state index contributed by atoms with van der Waals surface area (Å²) in [6.45, 7) is 7.84. The molecular weight excluding hydrogens is 272 g/mol. The Labute approximate surface area is 125 Å². The molecule has 0 spiro atoms. The van der Waals surface area contributed by atoms with Crippen LogP contribution in [0.15, 0.2) is 24.3 Å². The van der Waals surface area contributed by atoms with Gasteiger partial charge in [0.25, 0.3) is 0 Å². The quantitative estimate of drug-likeness (QED) is 0.724. The molecule has 116 valence electrons. The molecule has 0 aliphatic carbocycles. The maximum absolute atomic E-state index is 11.9. The molecule has 1 unspecified atom stereocenters. The van der Waals surface area contributed by atoms with Gasteiger partial charge in [-0.25, -0.2) is 9.59 Å². The van der Waals surface area contributed by atoms with Gasteiger partial charge in [0.05, 0.1) is 18.8 Å². The Morgan fingerprint density at radius 1 is 1.10 bits per heavy atom. The summed E-state index contributed by atoms with van der Waals surface area (Å²) in [5, 5.41) is 0. The lowest BCUT2D eigenvalue weighted by Crippen LogP contribution is -2.34. The Kier molecular flexibility index (Phi) is 6.72. The van der Waals surface area contributed by atoms with E-state index in [1.807, 2.05) is 13.8 Å². The van der Waals surface area contributed by atoms with Crippen molar-refractivity contribution in [2.75, 3.05) is 13.2 Å². The molecule has 5 heteroatoms. The summed E-state index contributed by atoms with van der Waals surface area (Å²) in [5.41, 5.74) is 0.390. The average Bonchev–Trinajstić information content (AvgIpc) is 2.45. The topological polar surface area (TPSA) is 61.8 Å². The first-order valence-corrected chi connectivity index (χ1v) is 7.10. The van der Waals surface area contributed by atoms with Gasteiger partial charge in [-0.05, 0) is 32.0 Å². The number of ether oxygens (including phenoxy) is 3. The molecule has 21 heavy (non-hydrogen) atoms. The van der Waals surface area contributed by atoms with E-state index in [1.54, 1.807) is 38.1 Å². The molecule has 0 aromatic heterocycles.